The van der Waals surface area contributed by atoms with E-state index in [1.165, 1.54) is 0 Å². The number of nitrogens with zero attached hydrogens (tertiary/aromatic N) is 1. The maximum atomic E-state index is 12.7. The van der Waals surface area contributed by atoms with Crippen LogP contribution in [0, 0.1) is 0 Å². The van der Waals surface area contributed by atoms with Gasteiger partial charge in [-0.3, -0.25) is 9.35 Å². The van der Waals surface area contributed by atoms with E-state index in [0.717, 1.165) is 4.90 Å². The van der Waals surface area contributed by atoms with Crippen LogP contribution in [0.5, 0.6) is 0 Å². The van der Waals surface area contributed by atoms with Gasteiger partial charge in [0, 0.05) is 30.2 Å². The van der Waals surface area contributed by atoms with E-state index in [4.69, 9.17) is 14.0 Å². The fourth-order valence-electron chi connectivity index (χ4n) is 2.21. The smallest absolute Gasteiger partial charge is 0.264 e. The van der Waals surface area contributed by atoms with E-state index >= 15 is 0 Å². The second kappa shape index (κ2) is 12.3. The highest BCUT2D eigenvalue weighted by atomic mass is 32.2. The Morgan fingerprint density at radius 2 is 1.77 bits per heavy atom. The lowest BCUT2D eigenvalue weighted by atomic mass is 10.2. The van der Waals surface area contributed by atoms with Gasteiger partial charge in [0.15, 0.2) is 0 Å². The molecule has 0 radical (unpaired) electrons. The molecule has 1 rings (SSSR count). The summed E-state index contributed by atoms with van der Waals surface area (Å²) in [5.74, 6) is -0.575. The van der Waals surface area contributed by atoms with Crippen molar-refractivity contribution < 1.29 is 27.2 Å². The number of hydrogen-bond acceptors (Lipinski definition) is 6. The number of hydrogen-bond donors (Lipinski definition) is 1. The summed E-state index contributed by atoms with van der Waals surface area (Å²) >= 11 is 1.59. The lowest BCUT2D eigenvalue weighted by molar-refractivity contribution is 0.0394. The van der Waals surface area contributed by atoms with Crippen LogP contribution in [0.25, 0.3) is 0 Å². The van der Waals surface area contributed by atoms with E-state index in [-0.39, 0.29) is 24.6 Å². The normalized spacial score (nSPS) is 11.5. The third-order valence-corrected chi connectivity index (χ3v) is 5.08. The number of ether oxygens (including phenoxy) is 2. The summed E-state index contributed by atoms with van der Waals surface area (Å²) in [6, 6.07) is 7.24. The van der Waals surface area contributed by atoms with Gasteiger partial charge in [-0.15, -0.1) is 11.8 Å². The molecule has 0 bridgehead atoms. The van der Waals surface area contributed by atoms with E-state index in [9.17, 15) is 13.2 Å². The number of benzene rings is 1. The molecule has 9 heteroatoms. The first-order chi connectivity index (χ1) is 12.4. The van der Waals surface area contributed by atoms with Crippen LogP contribution in [0.2, 0.25) is 0 Å². The first-order valence-electron chi connectivity index (χ1n) is 8.41. The van der Waals surface area contributed by atoms with Gasteiger partial charge in [0.25, 0.3) is 16.0 Å². The fraction of sp³-hybridized carbons (Fsp3) is 0.588. The van der Waals surface area contributed by atoms with Crippen molar-refractivity contribution in [2.75, 3.05) is 51.5 Å². The Morgan fingerprint density at radius 3 is 2.35 bits per heavy atom. The molecule has 0 unspecified atom stereocenters. The number of rotatable bonds is 13. The predicted molar refractivity (Wildman–Crippen MR) is 102 cm³/mol. The standard InChI is InChI=1S/C17H27NO6S2/c1-3-23-12-13-24-11-10-18(9-4-14-26(20,21)22)17(19)15-5-7-16(25-2)8-6-15/h5-8H,3-4,9-14H2,1-2H3,(H,20,21,22). The van der Waals surface area contributed by atoms with Gasteiger partial charge in [-0.25, -0.2) is 0 Å². The molecule has 0 atom stereocenters. The average molecular weight is 406 g/mol. The monoisotopic (exact) mass is 405 g/mol. The van der Waals surface area contributed by atoms with Crippen LogP contribution in [-0.4, -0.2) is 75.3 Å². The van der Waals surface area contributed by atoms with Crippen molar-refractivity contribution in [3.63, 3.8) is 0 Å². The molecule has 0 aliphatic carbocycles. The summed E-state index contributed by atoms with van der Waals surface area (Å²) in [6.45, 7) is 4.33. The highest BCUT2D eigenvalue weighted by molar-refractivity contribution is 7.98. The maximum absolute atomic E-state index is 12.7. The van der Waals surface area contributed by atoms with Gasteiger partial charge in [0.2, 0.25) is 0 Å². The van der Waals surface area contributed by atoms with Crippen molar-refractivity contribution >= 4 is 27.8 Å². The number of carbonyl (C=O) groups excluding carboxylic acids is 1. The minimum Gasteiger partial charge on any atom is -0.379 e. The molecule has 1 aromatic carbocycles. The van der Waals surface area contributed by atoms with Crippen LogP contribution in [0.15, 0.2) is 29.2 Å². The van der Waals surface area contributed by atoms with Gasteiger partial charge < -0.3 is 14.4 Å². The zero-order valence-electron chi connectivity index (χ0n) is 15.2. The average Bonchev–Trinajstić information content (AvgIpc) is 2.61. The Labute approximate surface area is 159 Å². The predicted octanol–water partition coefficient (Wildman–Crippen LogP) is 2.18. The molecular weight excluding hydrogens is 378 g/mol. The van der Waals surface area contributed by atoms with E-state index in [1.54, 1.807) is 28.8 Å². The zero-order chi connectivity index (χ0) is 19.4. The molecule has 26 heavy (non-hydrogen) atoms. The summed E-state index contributed by atoms with van der Waals surface area (Å²) in [6.07, 6.45) is 2.12. The quantitative estimate of drug-likeness (QED) is 0.305. The Balaban J connectivity index is 2.63. The Kier molecular flexibility index (Phi) is 10.8. The van der Waals surface area contributed by atoms with Gasteiger partial charge in [0.05, 0.1) is 25.6 Å². The lowest BCUT2D eigenvalue weighted by Crippen LogP contribution is -2.35. The molecule has 0 aromatic heterocycles. The minimum atomic E-state index is -4.04. The summed E-state index contributed by atoms with van der Waals surface area (Å²) < 4.78 is 41.3. The molecule has 0 aliphatic heterocycles. The molecule has 0 spiro atoms. The minimum absolute atomic E-state index is 0.159. The number of amides is 1. The fourth-order valence-corrected chi connectivity index (χ4v) is 3.11. The molecule has 1 amide bonds. The molecule has 148 valence electrons. The second-order valence-electron chi connectivity index (χ2n) is 5.47. The topological polar surface area (TPSA) is 93.1 Å². The van der Waals surface area contributed by atoms with Crippen LogP contribution in [0.3, 0.4) is 0 Å². The first kappa shape index (κ1) is 22.9. The van der Waals surface area contributed by atoms with Crippen LogP contribution in [-0.2, 0) is 19.6 Å². The van der Waals surface area contributed by atoms with Crippen molar-refractivity contribution in [2.24, 2.45) is 0 Å². The molecule has 0 heterocycles. The zero-order valence-corrected chi connectivity index (χ0v) is 16.9. The number of thioether (sulfide) groups is 1. The van der Waals surface area contributed by atoms with E-state index in [0.29, 0.717) is 38.5 Å². The largest absolute Gasteiger partial charge is 0.379 e. The Hall–Kier alpha value is -1.13. The second-order valence-corrected chi connectivity index (χ2v) is 7.92. The van der Waals surface area contributed by atoms with Crippen LogP contribution in [0.4, 0.5) is 0 Å². The van der Waals surface area contributed by atoms with Gasteiger partial charge in [-0.1, -0.05) is 0 Å². The first-order valence-corrected chi connectivity index (χ1v) is 11.2. The van der Waals surface area contributed by atoms with Crippen LogP contribution >= 0.6 is 11.8 Å². The Bertz CT molecular complexity index is 633. The van der Waals surface area contributed by atoms with Crippen molar-refractivity contribution in [3.8, 4) is 0 Å². The SMILES string of the molecule is CCOCCOCCN(CCCS(=O)(=O)O)C(=O)c1ccc(SC)cc1. The molecule has 0 saturated carbocycles. The third kappa shape index (κ3) is 9.54. The summed E-state index contributed by atoms with van der Waals surface area (Å²) in [4.78, 5) is 15.3. The van der Waals surface area contributed by atoms with Crippen molar-refractivity contribution in [1.29, 1.82) is 0 Å². The van der Waals surface area contributed by atoms with Crippen LogP contribution in [0.1, 0.15) is 23.7 Å². The van der Waals surface area contributed by atoms with E-state index in [1.807, 2.05) is 25.3 Å². The molecule has 7 nitrogen and oxygen atoms in total. The molecule has 0 fully saturated rings. The summed E-state index contributed by atoms with van der Waals surface area (Å²) in [5.41, 5.74) is 0.531. The number of carbonyl (C=O) groups is 1. The molecule has 0 saturated heterocycles. The van der Waals surface area contributed by atoms with Gasteiger partial charge in [-0.05, 0) is 43.9 Å². The van der Waals surface area contributed by atoms with Gasteiger partial charge in [0.1, 0.15) is 0 Å². The van der Waals surface area contributed by atoms with Gasteiger partial charge >= 0.3 is 0 Å². The molecular formula is C17H27NO6S2. The van der Waals surface area contributed by atoms with Crippen molar-refractivity contribution in [1.82, 2.24) is 4.90 Å². The third-order valence-electron chi connectivity index (χ3n) is 3.54. The molecule has 0 aliphatic rings. The van der Waals surface area contributed by atoms with Gasteiger partial charge in [-0.2, -0.15) is 8.42 Å². The van der Waals surface area contributed by atoms with Crippen molar-refractivity contribution in [2.45, 2.75) is 18.2 Å². The maximum Gasteiger partial charge on any atom is 0.264 e. The highest BCUT2D eigenvalue weighted by Gasteiger charge is 2.16. The molecule has 1 N–H and O–H groups in total. The van der Waals surface area contributed by atoms with Crippen molar-refractivity contribution in [3.05, 3.63) is 29.8 Å². The van der Waals surface area contributed by atoms with Crippen LogP contribution < -0.4 is 0 Å². The summed E-state index contributed by atoms with van der Waals surface area (Å²) in [7, 11) is -4.04. The Morgan fingerprint density at radius 1 is 1.12 bits per heavy atom. The van der Waals surface area contributed by atoms with E-state index in [2.05, 4.69) is 0 Å². The van der Waals surface area contributed by atoms with E-state index < -0.39 is 10.1 Å². The lowest BCUT2D eigenvalue weighted by Gasteiger charge is -2.23. The molecule has 1 aromatic rings. The summed E-state index contributed by atoms with van der Waals surface area (Å²) in [5, 5.41) is 0. The highest BCUT2D eigenvalue weighted by Crippen LogP contribution is 2.16.